The minimum atomic E-state index is 0.0190. The lowest BCUT2D eigenvalue weighted by molar-refractivity contribution is -0.122. The van der Waals surface area contributed by atoms with E-state index in [-0.39, 0.29) is 17.7 Å². The number of aromatic nitrogens is 1. The van der Waals surface area contributed by atoms with E-state index in [9.17, 15) is 4.79 Å². The summed E-state index contributed by atoms with van der Waals surface area (Å²) in [5, 5.41) is 6.79. The molecular formula is C17H18N2O4. The van der Waals surface area contributed by atoms with Gasteiger partial charge >= 0.3 is 0 Å². The fraction of sp³-hybridized carbons (Fsp3) is 0.412. The average molecular weight is 314 g/mol. The summed E-state index contributed by atoms with van der Waals surface area (Å²) in [7, 11) is 0. The van der Waals surface area contributed by atoms with Crippen molar-refractivity contribution in [2.75, 3.05) is 13.2 Å². The van der Waals surface area contributed by atoms with Gasteiger partial charge in [-0.25, -0.2) is 0 Å². The van der Waals surface area contributed by atoms with Gasteiger partial charge in [-0.15, -0.1) is 0 Å². The lowest BCUT2D eigenvalue weighted by atomic mass is 10.1. The topological polar surface area (TPSA) is 73.6 Å². The fourth-order valence-electron chi connectivity index (χ4n) is 2.95. The van der Waals surface area contributed by atoms with Crippen molar-refractivity contribution in [1.82, 2.24) is 10.5 Å². The molecule has 0 bridgehead atoms. The summed E-state index contributed by atoms with van der Waals surface area (Å²) in [5.74, 6) is 2.64. The molecule has 23 heavy (non-hydrogen) atoms. The molecule has 2 aliphatic rings. The summed E-state index contributed by atoms with van der Waals surface area (Å²) in [5.41, 5.74) is 1.87. The molecule has 0 unspecified atom stereocenters. The van der Waals surface area contributed by atoms with Gasteiger partial charge in [0.1, 0.15) is 24.7 Å². The number of hydrogen-bond donors (Lipinski definition) is 1. The number of rotatable bonds is 4. The molecule has 1 N–H and O–H groups in total. The van der Waals surface area contributed by atoms with Crippen molar-refractivity contribution in [1.29, 1.82) is 0 Å². The van der Waals surface area contributed by atoms with Crippen molar-refractivity contribution in [2.45, 2.75) is 25.8 Å². The zero-order chi connectivity index (χ0) is 15.8. The molecular weight excluding hydrogens is 296 g/mol. The van der Waals surface area contributed by atoms with E-state index in [2.05, 4.69) is 10.5 Å². The van der Waals surface area contributed by atoms with Crippen molar-refractivity contribution >= 4 is 5.91 Å². The van der Waals surface area contributed by atoms with E-state index in [1.807, 2.05) is 31.2 Å². The summed E-state index contributed by atoms with van der Waals surface area (Å²) in [4.78, 5) is 12.2. The maximum Gasteiger partial charge on any atom is 0.224 e. The van der Waals surface area contributed by atoms with Gasteiger partial charge in [0.15, 0.2) is 11.5 Å². The van der Waals surface area contributed by atoms with Gasteiger partial charge in [0.25, 0.3) is 0 Å². The minimum Gasteiger partial charge on any atom is -0.486 e. The number of nitrogens with one attached hydrogen (secondary N) is 1. The fourth-order valence-corrected chi connectivity index (χ4v) is 2.95. The van der Waals surface area contributed by atoms with Gasteiger partial charge in [0.2, 0.25) is 5.91 Å². The molecule has 1 aliphatic heterocycles. The zero-order valence-electron chi connectivity index (χ0n) is 12.9. The predicted molar refractivity (Wildman–Crippen MR) is 81.4 cm³/mol. The third-order valence-corrected chi connectivity index (χ3v) is 4.24. The Morgan fingerprint density at radius 2 is 2.09 bits per heavy atom. The van der Waals surface area contributed by atoms with E-state index in [0.29, 0.717) is 19.8 Å². The van der Waals surface area contributed by atoms with Crippen LogP contribution in [0.4, 0.5) is 0 Å². The van der Waals surface area contributed by atoms with Crippen LogP contribution in [0, 0.1) is 12.8 Å². The lowest BCUT2D eigenvalue weighted by Crippen LogP contribution is -2.25. The zero-order valence-corrected chi connectivity index (χ0v) is 12.9. The highest BCUT2D eigenvalue weighted by atomic mass is 16.6. The van der Waals surface area contributed by atoms with Crippen LogP contribution in [0.3, 0.4) is 0 Å². The number of ether oxygens (including phenoxy) is 2. The van der Waals surface area contributed by atoms with E-state index >= 15 is 0 Å². The van der Waals surface area contributed by atoms with Gasteiger partial charge in [0, 0.05) is 12.0 Å². The first-order valence-electron chi connectivity index (χ1n) is 7.80. The Morgan fingerprint density at radius 1 is 1.26 bits per heavy atom. The van der Waals surface area contributed by atoms with Crippen molar-refractivity contribution in [2.24, 2.45) is 5.92 Å². The molecule has 1 fully saturated rings. The molecule has 6 heteroatoms. The molecule has 1 amide bonds. The summed E-state index contributed by atoms with van der Waals surface area (Å²) in [6.45, 7) is 3.39. The molecule has 1 aromatic carbocycles. The van der Waals surface area contributed by atoms with E-state index in [0.717, 1.165) is 34.9 Å². The Balaban J connectivity index is 1.36. The van der Waals surface area contributed by atoms with Crippen LogP contribution in [-0.2, 0) is 11.3 Å². The van der Waals surface area contributed by atoms with E-state index in [1.165, 1.54) is 0 Å². The average Bonchev–Trinajstić information content (AvgIpc) is 3.27. The van der Waals surface area contributed by atoms with Gasteiger partial charge in [-0.2, -0.15) is 0 Å². The van der Waals surface area contributed by atoms with Crippen LogP contribution in [0.2, 0.25) is 0 Å². The maximum atomic E-state index is 12.2. The predicted octanol–water partition coefficient (Wildman–Crippen LogP) is 2.17. The number of benzene rings is 1. The third kappa shape index (κ3) is 2.88. The molecule has 1 aliphatic carbocycles. The third-order valence-electron chi connectivity index (χ3n) is 4.24. The molecule has 1 aromatic heterocycles. The van der Waals surface area contributed by atoms with Crippen molar-refractivity contribution < 1.29 is 18.8 Å². The number of amides is 1. The highest BCUT2D eigenvalue weighted by Gasteiger charge is 2.44. The molecule has 4 rings (SSSR count). The van der Waals surface area contributed by atoms with Crippen LogP contribution >= 0.6 is 0 Å². The molecule has 6 nitrogen and oxygen atoms in total. The van der Waals surface area contributed by atoms with Gasteiger partial charge in [0.05, 0.1) is 6.54 Å². The molecule has 2 heterocycles. The summed E-state index contributed by atoms with van der Waals surface area (Å²) < 4.78 is 16.1. The van der Waals surface area contributed by atoms with E-state index < -0.39 is 0 Å². The molecule has 2 aromatic rings. The molecule has 0 radical (unpaired) electrons. The van der Waals surface area contributed by atoms with Crippen LogP contribution in [0.25, 0.3) is 0 Å². The second-order valence-corrected chi connectivity index (χ2v) is 6.00. The molecule has 2 atom stereocenters. The van der Waals surface area contributed by atoms with Gasteiger partial charge in [-0.05, 0) is 37.0 Å². The number of aryl methyl sites for hydroxylation is 1. The number of carbonyl (C=O) groups excluding carboxylic acids is 1. The number of fused-ring (bicyclic) bond motifs is 1. The molecule has 0 saturated heterocycles. The van der Waals surface area contributed by atoms with E-state index in [4.69, 9.17) is 14.0 Å². The summed E-state index contributed by atoms with van der Waals surface area (Å²) in [6.07, 6.45) is 0.864. The molecule has 1 saturated carbocycles. The Labute approximate surface area is 133 Å². The number of carbonyl (C=O) groups is 1. The second kappa shape index (κ2) is 5.61. The first-order valence-corrected chi connectivity index (χ1v) is 7.80. The standard InChI is InChI=1S/C17H18N2O4/c1-10-6-12(19-23-10)9-18-17(20)14-8-13(14)11-2-3-15-16(7-11)22-5-4-21-15/h2-3,6-7,13-14H,4-5,8-9H2,1H3,(H,18,20)/t13-,14+/m1/s1. The highest BCUT2D eigenvalue weighted by molar-refractivity contribution is 5.82. The number of hydrogen-bond acceptors (Lipinski definition) is 5. The minimum absolute atomic E-state index is 0.0190. The Hall–Kier alpha value is -2.50. The molecule has 120 valence electrons. The Bertz CT molecular complexity index is 740. The molecule has 0 spiro atoms. The van der Waals surface area contributed by atoms with Crippen LogP contribution in [0.1, 0.15) is 29.4 Å². The second-order valence-electron chi connectivity index (χ2n) is 6.00. The first kappa shape index (κ1) is 14.1. The van der Waals surface area contributed by atoms with Crippen LogP contribution in [0.5, 0.6) is 11.5 Å². The maximum absolute atomic E-state index is 12.2. The van der Waals surface area contributed by atoms with E-state index in [1.54, 1.807) is 0 Å². The van der Waals surface area contributed by atoms with Gasteiger partial charge < -0.3 is 19.3 Å². The largest absolute Gasteiger partial charge is 0.486 e. The normalized spacial score (nSPS) is 21.8. The quantitative estimate of drug-likeness (QED) is 0.936. The monoisotopic (exact) mass is 314 g/mol. The Morgan fingerprint density at radius 3 is 2.87 bits per heavy atom. The van der Waals surface area contributed by atoms with Crippen molar-refractivity contribution in [3.8, 4) is 11.5 Å². The summed E-state index contributed by atoms with van der Waals surface area (Å²) >= 11 is 0. The van der Waals surface area contributed by atoms with Crippen LogP contribution in [-0.4, -0.2) is 24.3 Å². The van der Waals surface area contributed by atoms with Crippen molar-refractivity contribution in [3.63, 3.8) is 0 Å². The lowest BCUT2D eigenvalue weighted by Gasteiger charge is -2.18. The Kier molecular flexibility index (Phi) is 3.44. The SMILES string of the molecule is Cc1cc(CNC(=O)[C@H]2C[C@@H]2c2ccc3c(c2)OCCO3)no1. The van der Waals surface area contributed by atoms with Gasteiger partial charge in [-0.1, -0.05) is 11.2 Å². The van der Waals surface area contributed by atoms with Gasteiger partial charge in [-0.3, -0.25) is 4.79 Å². The number of nitrogens with zero attached hydrogens (tertiary/aromatic N) is 1. The summed E-state index contributed by atoms with van der Waals surface area (Å²) in [6, 6.07) is 7.76. The smallest absolute Gasteiger partial charge is 0.224 e. The van der Waals surface area contributed by atoms with Crippen LogP contribution < -0.4 is 14.8 Å². The highest BCUT2D eigenvalue weighted by Crippen LogP contribution is 2.49. The van der Waals surface area contributed by atoms with Crippen LogP contribution in [0.15, 0.2) is 28.8 Å². The van der Waals surface area contributed by atoms with Crippen molar-refractivity contribution in [3.05, 3.63) is 41.3 Å². The first-order chi connectivity index (χ1) is 11.2.